The quantitative estimate of drug-likeness (QED) is 0.662. The minimum Gasteiger partial charge on any atom is -0.489 e. The average molecular weight is 192 g/mol. The summed E-state index contributed by atoms with van der Waals surface area (Å²) in [6.07, 6.45) is 2.64. The van der Waals surface area contributed by atoms with E-state index in [0.717, 1.165) is 12.1 Å². The van der Waals surface area contributed by atoms with Gasteiger partial charge in [0.25, 0.3) is 0 Å². The van der Waals surface area contributed by atoms with E-state index in [0.29, 0.717) is 18.1 Å². The molecular weight excluding hydrogens is 180 g/mol. The van der Waals surface area contributed by atoms with Crippen molar-refractivity contribution in [1.29, 1.82) is 0 Å². The molecule has 1 aromatic heterocycles. The lowest BCUT2D eigenvalue weighted by Gasteiger charge is -2.02. The van der Waals surface area contributed by atoms with Gasteiger partial charge in [0, 0.05) is 13.5 Å². The standard InChI is InChI=1S/C10H12N2O2/c1-7-6-8(12(2)11-7)10(13)9-4-3-5-14-9/h4,6H,3,5H2,1-2H3. The van der Waals surface area contributed by atoms with Gasteiger partial charge in [-0.3, -0.25) is 9.48 Å². The maximum absolute atomic E-state index is 11.8. The third kappa shape index (κ3) is 1.43. The Morgan fingerprint density at radius 1 is 1.64 bits per heavy atom. The third-order valence-electron chi connectivity index (χ3n) is 2.16. The second kappa shape index (κ2) is 3.29. The Bertz CT molecular complexity index is 404. The Hall–Kier alpha value is -1.58. The van der Waals surface area contributed by atoms with Crippen LogP contribution in [0.1, 0.15) is 22.6 Å². The zero-order valence-electron chi connectivity index (χ0n) is 8.28. The summed E-state index contributed by atoms with van der Waals surface area (Å²) in [6.45, 7) is 2.47. The van der Waals surface area contributed by atoms with Gasteiger partial charge >= 0.3 is 0 Å². The lowest BCUT2D eigenvalue weighted by Crippen LogP contribution is -2.09. The van der Waals surface area contributed by atoms with Crippen molar-refractivity contribution in [3.63, 3.8) is 0 Å². The molecule has 2 rings (SSSR count). The summed E-state index contributed by atoms with van der Waals surface area (Å²) < 4.78 is 6.79. The van der Waals surface area contributed by atoms with Gasteiger partial charge in [-0.1, -0.05) is 0 Å². The van der Waals surface area contributed by atoms with Gasteiger partial charge in [-0.15, -0.1) is 0 Å². The number of hydrogen-bond acceptors (Lipinski definition) is 3. The molecule has 0 aromatic carbocycles. The van der Waals surface area contributed by atoms with Gasteiger partial charge in [-0.2, -0.15) is 5.10 Å². The zero-order valence-corrected chi connectivity index (χ0v) is 8.28. The molecule has 0 bridgehead atoms. The monoisotopic (exact) mass is 192 g/mol. The number of aryl methyl sites for hydroxylation is 2. The van der Waals surface area contributed by atoms with Crippen molar-refractivity contribution in [3.05, 3.63) is 29.3 Å². The molecule has 0 amide bonds. The smallest absolute Gasteiger partial charge is 0.245 e. The summed E-state index contributed by atoms with van der Waals surface area (Å²) >= 11 is 0. The van der Waals surface area contributed by atoms with Gasteiger partial charge < -0.3 is 4.74 Å². The first kappa shape index (κ1) is 8.99. The van der Waals surface area contributed by atoms with Crippen molar-refractivity contribution in [2.75, 3.05) is 6.61 Å². The van der Waals surface area contributed by atoms with E-state index in [2.05, 4.69) is 5.10 Å². The number of aromatic nitrogens is 2. The summed E-state index contributed by atoms with van der Waals surface area (Å²) in [5.74, 6) is 0.374. The molecule has 1 aromatic rings. The highest BCUT2D eigenvalue weighted by Crippen LogP contribution is 2.15. The Morgan fingerprint density at radius 3 is 2.93 bits per heavy atom. The molecule has 2 heterocycles. The van der Waals surface area contributed by atoms with Crippen LogP contribution < -0.4 is 0 Å². The number of Topliss-reactive ketones (excluding diaryl/α,β-unsaturated/α-hetero) is 1. The molecule has 1 aliphatic rings. The first-order chi connectivity index (χ1) is 6.68. The Morgan fingerprint density at radius 2 is 2.43 bits per heavy atom. The summed E-state index contributed by atoms with van der Waals surface area (Å²) in [5, 5.41) is 4.12. The van der Waals surface area contributed by atoms with Crippen molar-refractivity contribution >= 4 is 5.78 Å². The highest BCUT2D eigenvalue weighted by Gasteiger charge is 2.20. The van der Waals surface area contributed by atoms with Crippen LogP contribution in [0.25, 0.3) is 0 Å². The lowest BCUT2D eigenvalue weighted by atomic mass is 10.2. The van der Waals surface area contributed by atoms with Crippen LogP contribution in [0.2, 0.25) is 0 Å². The van der Waals surface area contributed by atoms with Gasteiger partial charge in [0.15, 0.2) is 5.76 Å². The maximum Gasteiger partial charge on any atom is 0.245 e. The number of ether oxygens (including phenoxy) is 1. The molecule has 1 aliphatic heterocycles. The van der Waals surface area contributed by atoms with Crippen molar-refractivity contribution in [2.45, 2.75) is 13.3 Å². The molecule has 0 fully saturated rings. The van der Waals surface area contributed by atoms with Crippen molar-refractivity contribution in [2.24, 2.45) is 7.05 Å². The largest absolute Gasteiger partial charge is 0.489 e. The molecule has 0 saturated carbocycles. The van der Waals surface area contributed by atoms with Crippen LogP contribution >= 0.6 is 0 Å². The molecule has 4 nitrogen and oxygen atoms in total. The molecule has 0 aliphatic carbocycles. The molecule has 0 radical (unpaired) electrons. The van der Waals surface area contributed by atoms with E-state index in [1.54, 1.807) is 17.8 Å². The van der Waals surface area contributed by atoms with Crippen LogP contribution in [0.3, 0.4) is 0 Å². The van der Waals surface area contributed by atoms with E-state index in [1.165, 1.54) is 0 Å². The van der Waals surface area contributed by atoms with Crippen LogP contribution in [-0.4, -0.2) is 22.2 Å². The predicted octanol–water partition coefficient (Wildman–Crippen LogP) is 1.22. The van der Waals surface area contributed by atoms with E-state index in [-0.39, 0.29) is 5.78 Å². The Kier molecular flexibility index (Phi) is 2.11. The van der Waals surface area contributed by atoms with E-state index in [9.17, 15) is 4.79 Å². The maximum atomic E-state index is 11.8. The minimum atomic E-state index is -0.0781. The Labute approximate surface area is 82.2 Å². The number of carbonyl (C=O) groups is 1. The van der Waals surface area contributed by atoms with Gasteiger partial charge in [-0.05, 0) is 19.1 Å². The van der Waals surface area contributed by atoms with Gasteiger partial charge in [0.1, 0.15) is 5.69 Å². The zero-order chi connectivity index (χ0) is 10.1. The first-order valence-corrected chi connectivity index (χ1v) is 4.57. The van der Waals surface area contributed by atoms with E-state index in [4.69, 9.17) is 4.74 Å². The number of carbonyl (C=O) groups excluding carboxylic acids is 1. The van der Waals surface area contributed by atoms with E-state index >= 15 is 0 Å². The van der Waals surface area contributed by atoms with E-state index in [1.807, 2.05) is 13.0 Å². The second-order valence-electron chi connectivity index (χ2n) is 3.33. The molecule has 0 N–H and O–H groups in total. The highest BCUT2D eigenvalue weighted by atomic mass is 16.5. The van der Waals surface area contributed by atoms with Crippen LogP contribution in [0.15, 0.2) is 17.9 Å². The summed E-state index contributed by atoms with van der Waals surface area (Å²) in [4.78, 5) is 11.8. The summed E-state index contributed by atoms with van der Waals surface area (Å²) in [5.41, 5.74) is 1.42. The van der Waals surface area contributed by atoms with Crippen LogP contribution in [0, 0.1) is 6.92 Å². The third-order valence-corrected chi connectivity index (χ3v) is 2.16. The number of allylic oxidation sites excluding steroid dienone is 1. The molecule has 0 saturated heterocycles. The molecule has 0 spiro atoms. The number of nitrogens with zero attached hydrogens (tertiary/aromatic N) is 2. The topological polar surface area (TPSA) is 44.1 Å². The summed E-state index contributed by atoms with van der Waals surface area (Å²) in [7, 11) is 1.76. The van der Waals surface area contributed by atoms with E-state index < -0.39 is 0 Å². The molecule has 4 heteroatoms. The molecule has 0 atom stereocenters. The van der Waals surface area contributed by atoms with Crippen molar-refractivity contribution in [1.82, 2.24) is 9.78 Å². The average Bonchev–Trinajstić information content (AvgIpc) is 2.73. The summed E-state index contributed by atoms with van der Waals surface area (Å²) in [6, 6.07) is 1.77. The number of hydrogen-bond donors (Lipinski definition) is 0. The second-order valence-corrected chi connectivity index (χ2v) is 3.33. The molecule has 0 unspecified atom stereocenters. The minimum absolute atomic E-state index is 0.0781. The van der Waals surface area contributed by atoms with Crippen LogP contribution in [-0.2, 0) is 11.8 Å². The van der Waals surface area contributed by atoms with Crippen LogP contribution in [0.4, 0.5) is 0 Å². The Balaban J connectivity index is 2.30. The van der Waals surface area contributed by atoms with Crippen LogP contribution in [0.5, 0.6) is 0 Å². The van der Waals surface area contributed by atoms with Gasteiger partial charge in [0.05, 0.1) is 12.3 Å². The first-order valence-electron chi connectivity index (χ1n) is 4.57. The number of ketones is 1. The fraction of sp³-hybridized carbons (Fsp3) is 0.400. The number of rotatable bonds is 2. The van der Waals surface area contributed by atoms with Gasteiger partial charge in [0.2, 0.25) is 5.78 Å². The normalized spacial score (nSPS) is 15.1. The lowest BCUT2D eigenvalue weighted by molar-refractivity contribution is 0.0933. The molecule has 14 heavy (non-hydrogen) atoms. The van der Waals surface area contributed by atoms with Crippen molar-refractivity contribution < 1.29 is 9.53 Å². The SMILES string of the molecule is Cc1cc(C(=O)C2=CCCO2)n(C)n1. The highest BCUT2D eigenvalue weighted by molar-refractivity contribution is 6.06. The van der Waals surface area contributed by atoms with Gasteiger partial charge in [-0.25, -0.2) is 0 Å². The fourth-order valence-corrected chi connectivity index (χ4v) is 1.53. The fourth-order valence-electron chi connectivity index (χ4n) is 1.53. The van der Waals surface area contributed by atoms with Crippen molar-refractivity contribution in [3.8, 4) is 0 Å². The molecule has 74 valence electrons. The predicted molar refractivity (Wildman–Crippen MR) is 50.9 cm³/mol. The molecular formula is C10H12N2O2.